The third-order valence-corrected chi connectivity index (χ3v) is 1.50. The van der Waals surface area contributed by atoms with Crippen molar-refractivity contribution in [2.24, 2.45) is 11.5 Å². The molecule has 0 aliphatic rings. The molecule has 0 aromatic heterocycles. The SMILES string of the molecule is CCOC(=O)C(N)(N)CC=C(C)C. The predicted octanol–water partition coefficient (Wildman–Crippen LogP) is 0.519. The van der Waals surface area contributed by atoms with Gasteiger partial charge in [0.1, 0.15) is 0 Å². The van der Waals surface area contributed by atoms with E-state index < -0.39 is 11.6 Å². The second-order valence-electron chi connectivity index (χ2n) is 3.25. The molecule has 0 spiro atoms. The van der Waals surface area contributed by atoms with Crippen molar-refractivity contribution in [3.8, 4) is 0 Å². The van der Waals surface area contributed by atoms with Gasteiger partial charge in [0.2, 0.25) is 0 Å². The van der Waals surface area contributed by atoms with Gasteiger partial charge in [0.05, 0.1) is 6.61 Å². The second kappa shape index (κ2) is 4.99. The number of hydrogen-bond acceptors (Lipinski definition) is 4. The Bertz CT molecular complexity index is 206. The molecule has 0 unspecified atom stereocenters. The lowest BCUT2D eigenvalue weighted by atomic mass is 10.1. The fourth-order valence-corrected chi connectivity index (χ4v) is 0.722. The van der Waals surface area contributed by atoms with Gasteiger partial charge in [-0.1, -0.05) is 11.6 Å². The number of esters is 1. The molecule has 0 atom stereocenters. The van der Waals surface area contributed by atoms with E-state index in [0.29, 0.717) is 13.0 Å². The van der Waals surface area contributed by atoms with E-state index in [1.165, 1.54) is 0 Å². The highest BCUT2D eigenvalue weighted by atomic mass is 16.5. The minimum absolute atomic E-state index is 0.295. The van der Waals surface area contributed by atoms with Crippen molar-refractivity contribution < 1.29 is 9.53 Å². The Morgan fingerprint density at radius 1 is 1.46 bits per heavy atom. The van der Waals surface area contributed by atoms with Crippen LogP contribution >= 0.6 is 0 Å². The highest BCUT2D eigenvalue weighted by Gasteiger charge is 2.29. The summed E-state index contributed by atoms with van der Waals surface area (Å²) in [4.78, 5) is 11.2. The average molecular weight is 186 g/mol. The predicted molar refractivity (Wildman–Crippen MR) is 51.8 cm³/mol. The first kappa shape index (κ1) is 12.1. The van der Waals surface area contributed by atoms with Gasteiger partial charge in [-0.15, -0.1) is 0 Å². The van der Waals surface area contributed by atoms with Gasteiger partial charge in [-0.05, 0) is 20.8 Å². The van der Waals surface area contributed by atoms with E-state index in [1.807, 2.05) is 19.9 Å². The molecule has 0 saturated heterocycles. The number of carbonyl (C=O) groups excluding carboxylic acids is 1. The zero-order chi connectivity index (χ0) is 10.5. The van der Waals surface area contributed by atoms with Crippen molar-refractivity contribution in [3.05, 3.63) is 11.6 Å². The summed E-state index contributed by atoms with van der Waals surface area (Å²) in [5.41, 5.74) is 10.8. The van der Waals surface area contributed by atoms with Crippen LogP contribution in [0, 0.1) is 0 Å². The quantitative estimate of drug-likeness (QED) is 0.381. The number of carbonyl (C=O) groups is 1. The van der Waals surface area contributed by atoms with Crippen LogP contribution in [0.3, 0.4) is 0 Å². The van der Waals surface area contributed by atoms with Crippen LogP contribution in [0.2, 0.25) is 0 Å². The fourth-order valence-electron chi connectivity index (χ4n) is 0.722. The molecule has 13 heavy (non-hydrogen) atoms. The van der Waals surface area contributed by atoms with Crippen LogP contribution < -0.4 is 11.5 Å². The van der Waals surface area contributed by atoms with Gasteiger partial charge in [-0.3, -0.25) is 0 Å². The Hall–Kier alpha value is -0.870. The summed E-state index contributed by atoms with van der Waals surface area (Å²) < 4.78 is 4.72. The van der Waals surface area contributed by atoms with Gasteiger partial charge in [0.15, 0.2) is 5.66 Å². The molecule has 0 aliphatic carbocycles. The van der Waals surface area contributed by atoms with Crippen LogP contribution in [0.15, 0.2) is 11.6 Å². The summed E-state index contributed by atoms with van der Waals surface area (Å²) >= 11 is 0. The van der Waals surface area contributed by atoms with E-state index in [1.54, 1.807) is 6.92 Å². The number of allylic oxidation sites excluding steroid dienone is 1. The van der Waals surface area contributed by atoms with Gasteiger partial charge < -0.3 is 16.2 Å². The highest BCUT2D eigenvalue weighted by Crippen LogP contribution is 2.05. The van der Waals surface area contributed by atoms with E-state index >= 15 is 0 Å². The van der Waals surface area contributed by atoms with Gasteiger partial charge in [0.25, 0.3) is 0 Å². The maximum atomic E-state index is 11.2. The highest BCUT2D eigenvalue weighted by molar-refractivity contribution is 5.79. The van der Waals surface area contributed by atoms with E-state index in [4.69, 9.17) is 16.2 Å². The smallest absolute Gasteiger partial charge is 0.341 e. The number of ether oxygens (including phenoxy) is 1. The molecular formula is C9H18N2O2. The molecule has 0 rings (SSSR count). The minimum atomic E-state index is -1.40. The van der Waals surface area contributed by atoms with Crippen molar-refractivity contribution in [2.45, 2.75) is 32.9 Å². The van der Waals surface area contributed by atoms with Crippen LogP contribution in [-0.2, 0) is 9.53 Å². The molecule has 4 heteroatoms. The Labute approximate surface area is 78.9 Å². The normalized spacial score (nSPS) is 10.8. The summed E-state index contributed by atoms with van der Waals surface area (Å²) in [5.74, 6) is -0.562. The first-order valence-corrected chi connectivity index (χ1v) is 4.28. The summed E-state index contributed by atoms with van der Waals surface area (Å²) in [6.07, 6.45) is 2.12. The Morgan fingerprint density at radius 3 is 2.38 bits per heavy atom. The lowest BCUT2D eigenvalue weighted by molar-refractivity contribution is -0.149. The van der Waals surface area contributed by atoms with Gasteiger partial charge in [0, 0.05) is 6.42 Å². The van der Waals surface area contributed by atoms with Crippen molar-refractivity contribution in [1.29, 1.82) is 0 Å². The maximum Gasteiger partial charge on any atom is 0.341 e. The molecule has 0 bridgehead atoms. The monoisotopic (exact) mass is 186 g/mol. The molecular weight excluding hydrogens is 168 g/mol. The summed E-state index contributed by atoms with van der Waals surface area (Å²) in [6, 6.07) is 0. The molecule has 4 N–H and O–H groups in total. The average Bonchev–Trinajstić information content (AvgIpc) is 2.01. The summed E-state index contributed by atoms with van der Waals surface area (Å²) in [5, 5.41) is 0. The lowest BCUT2D eigenvalue weighted by Gasteiger charge is -2.20. The van der Waals surface area contributed by atoms with Crippen LogP contribution in [0.4, 0.5) is 0 Å². The lowest BCUT2D eigenvalue weighted by Crippen LogP contribution is -2.56. The molecule has 0 saturated carbocycles. The van der Waals surface area contributed by atoms with Gasteiger partial charge >= 0.3 is 5.97 Å². The van der Waals surface area contributed by atoms with Gasteiger partial charge in [-0.2, -0.15) is 0 Å². The van der Waals surface area contributed by atoms with Crippen LogP contribution in [0.25, 0.3) is 0 Å². The van der Waals surface area contributed by atoms with Gasteiger partial charge in [-0.25, -0.2) is 4.79 Å². The molecule has 0 radical (unpaired) electrons. The van der Waals surface area contributed by atoms with Crippen LogP contribution in [-0.4, -0.2) is 18.2 Å². The van der Waals surface area contributed by atoms with E-state index in [-0.39, 0.29) is 0 Å². The number of rotatable bonds is 4. The van der Waals surface area contributed by atoms with Crippen molar-refractivity contribution >= 4 is 5.97 Å². The Balaban J connectivity index is 4.22. The molecule has 0 aromatic rings. The number of hydrogen-bond donors (Lipinski definition) is 2. The van der Waals surface area contributed by atoms with E-state index in [0.717, 1.165) is 5.57 Å². The molecule has 4 nitrogen and oxygen atoms in total. The van der Waals surface area contributed by atoms with Crippen LogP contribution in [0.1, 0.15) is 27.2 Å². The molecule has 0 fully saturated rings. The third kappa shape index (κ3) is 4.65. The fraction of sp³-hybridized carbons (Fsp3) is 0.667. The second-order valence-corrected chi connectivity index (χ2v) is 3.25. The van der Waals surface area contributed by atoms with Crippen LogP contribution in [0.5, 0.6) is 0 Å². The largest absolute Gasteiger partial charge is 0.464 e. The number of nitrogens with two attached hydrogens (primary N) is 2. The first-order chi connectivity index (χ1) is 5.90. The summed E-state index contributed by atoms with van der Waals surface area (Å²) in [7, 11) is 0. The maximum absolute atomic E-state index is 11.2. The Morgan fingerprint density at radius 2 is 2.00 bits per heavy atom. The zero-order valence-electron chi connectivity index (χ0n) is 8.46. The summed E-state index contributed by atoms with van der Waals surface area (Å²) in [6.45, 7) is 5.85. The molecule has 0 heterocycles. The minimum Gasteiger partial charge on any atom is -0.464 e. The first-order valence-electron chi connectivity index (χ1n) is 4.28. The van der Waals surface area contributed by atoms with E-state index in [2.05, 4.69) is 0 Å². The van der Waals surface area contributed by atoms with Crippen molar-refractivity contribution in [1.82, 2.24) is 0 Å². The zero-order valence-corrected chi connectivity index (χ0v) is 8.46. The topological polar surface area (TPSA) is 78.3 Å². The molecule has 76 valence electrons. The molecule has 0 aliphatic heterocycles. The van der Waals surface area contributed by atoms with E-state index in [9.17, 15) is 4.79 Å². The molecule has 0 amide bonds. The standard InChI is InChI=1S/C9H18N2O2/c1-4-13-8(12)9(10,11)6-5-7(2)3/h5H,4,6,10-11H2,1-3H3. The van der Waals surface area contributed by atoms with Crippen molar-refractivity contribution in [3.63, 3.8) is 0 Å². The third-order valence-electron chi connectivity index (χ3n) is 1.50. The molecule has 0 aromatic carbocycles. The Kier molecular flexibility index (Phi) is 4.66. The van der Waals surface area contributed by atoms with Crippen molar-refractivity contribution in [2.75, 3.05) is 6.61 Å².